The van der Waals surface area contributed by atoms with E-state index in [4.69, 9.17) is 16.6 Å². The summed E-state index contributed by atoms with van der Waals surface area (Å²) < 4.78 is 0. The van der Waals surface area contributed by atoms with E-state index in [-0.39, 0.29) is 12.3 Å². The second-order valence-electron chi connectivity index (χ2n) is 10.4. The normalized spacial score (nSPS) is 15.3. The lowest BCUT2D eigenvalue weighted by atomic mass is 9.77. The quantitative estimate of drug-likeness (QED) is 0.277. The number of amides is 1. The smallest absolute Gasteiger partial charge is 0.326 e. The summed E-state index contributed by atoms with van der Waals surface area (Å²) in [6, 6.07) is 22.3. The van der Waals surface area contributed by atoms with Crippen molar-refractivity contribution in [2.45, 2.75) is 57.4 Å². The van der Waals surface area contributed by atoms with Crippen molar-refractivity contribution >= 4 is 34.4 Å². The summed E-state index contributed by atoms with van der Waals surface area (Å²) in [7, 11) is 0. The Labute approximate surface area is 227 Å². The molecule has 1 heterocycles. The average molecular weight is 527 g/mol. The van der Waals surface area contributed by atoms with E-state index in [0.29, 0.717) is 17.9 Å². The molecule has 4 aromatic rings. The van der Waals surface area contributed by atoms with Gasteiger partial charge in [0.1, 0.15) is 6.04 Å². The molecule has 5 nitrogen and oxygen atoms in total. The molecule has 1 saturated carbocycles. The molecule has 1 aliphatic rings. The number of aromatic nitrogens is 1. The van der Waals surface area contributed by atoms with Crippen LogP contribution in [0.4, 0.5) is 0 Å². The van der Waals surface area contributed by atoms with Gasteiger partial charge in [0.15, 0.2) is 0 Å². The molecule has 1 aromatic heterocycles. The first-order chi connectivity index (χ1) is 18.3. The number of carboxylic acid groups (broad SMARTS) is 1. The maximum Gasteiger partial charge on any atom is 0.326 e. The van der Waals surface area contributed by atoms with Crippen molar-refractivity contribution in [3.05, 3.63) is 100 Å². The van der Waals surface area contributed by atoms with Gasteiger partial charge in [0.25, 0.3) is 0 Å². The standard InChI is InChI=1S/C32H31ClN2O3/c1-20-6-5-7-21(2)29(20)27-15-9-23-18-22(8-14-26(23)34-27)19-28(30(36)37)35-31(38)32(16-3-4-17-32)24-10-12-25(33)13-11-24/h5-15,18,28H,3-4,16-17,19H2,1-2H3,(H,35,38)(H,36,37). The number of aryl methyl sites for hydroxylation is 2. The number of carbonyl (C=O) groups excluding carboxylic acids is 1. The third-order valence-electron chi connectivity index (χ3n) is 7.82. The monoisotopic (exact) mass is 526 g/mol. The van der Waals surface area contributed by atoms with Crippen molar-refractivity contribution in [3.63, 3.8) is 0 Å². The van der Waals surface area contributed by atoms with Crippen molar-refractivity contribution in [2.75, 3.05) is 0 Å². The number of carbonyl (C=O) groups is 2. The van der Waals surface area contributed by atoms with Crippen LogP contribution in [0.15, 0.2) is 72.8 Å². The molecule has 38 heavy (non-hydrogen) atoms. The lowest BCUT2D eigenvalue weighted by Crippen LogP contribution is -2.50. The first-order valence-corrected chi connectivity index (χ1v) is 13.4. The van der Waals surface area contributed by atoms with Crippen molar-refractivity contribution in [1.82, 2.24) is 10.3 Å². The maximum absolute atomic E-state index is 13.6. The van der Waals surface area contributed by atoms with Crippen molar-refractivity contribution in [3.8, 4) is 11.3 Å². The Morgan fingerprint density at radius 2 is 1.66 bits per heavy atom. The zero-order chi connectivity index (χ0) is 26.9. The van der Waals surface area contributed by atoms with E-state index < -0.39 is 17.4 Å². The third kappa shape index (κ3) is 5.03. The van der Waals surface area contributed by atoms with Gasteiger partial charge in [-0.15, -0.1) is 0 Å². The van der Waals surface area contributed by atoms with Crippen LogP contribution in [0, 0.1) is 13.8 Å². The summed E-state index contributed by atoms with van der Waals surface area (Å²) in [6.07, 6.45) is 3.42. The number of nitrogens with zero attached hydrogens (tertiary/aromatic N) is 1. The molecule has 194 valence electrons. The molecule has 1 aliphatic carbocycles. The SMILES string of the molecule is Cc1cccc(C)c1-c1ccc2cc(CC(NC(=O)C3(c4ccc(Cl)cc4)CCCC3)C(=O)O)ccc2n1. The minimum Gasteiger partial charge on any atom is -0.480 e. The van der Waals surface area contributed by atoms with Crippen LogP contribution < -0.4 is 5.32 Å². The molecule has 1 fully saturated rings. The van der Waals surface area contributed by atoms with Crippen LogP contribution in [0.2, 0.25) is 5.02 Å². The number of hydrogen-bond donors (Lipinski definition) is 2. The van der Waals surface area contributed by atoms with Crippen LogP contribution >= 0.6 is 11.6 Å². The van der Waals surface area contributed by atoms with E-state index in [2.05, 4.69) is 31.3 Å². The Morgan fingerprint density at radius 3 is 2.32 bits per heavy atom. The molecule has 1 amide bonds. The highest BCUT2D eigenvalue weighted by Gasteiger charge is 2.43. The number of fused-ring (bicyclic) bond motifs is 1. The van der Waals surface area contributed by atoms with Gasteiger partial charge >= 0.3 is 5.97 Å². The zero-order valence-corrected chi connectivity index (χ0v) is 22.4. The van der Waals surface area contributed by atoms with Gasteiger partial charge in [-0.3, -0.25) is 4.79 Å². The van der Waals surface area contributed by atoms with Crippen molar-refractivity contribution < 1.29 is 14.7 Å². The van der Waals surface area contributed by atoms with Crippen LogP contribution in [0.1, 0.15) is 47.9 Å². The summed E-state index contributed by atoms with van der Waals surface area (Å²) in [6.45, 7) is 4.17. The van der Waals surface area contributed by atoms with Gasteiger partial charge < -0.3 is 10.4 Å². The zero-order valence-electron chi connectivity index (χ0n) is 21.6. The fourth-order valence-electron chi connectivity index (χ4n) is 5.79. The second kappa shape index (κ2) is 10.6. The second-order valence-corrected chi connectivity index (χ2v) is 10.8. The van der Waals surface area contributed by atoms with Crippen LogP contribution in [0.3, 0.4) is 0 Å². The number of aliphatic carboxylic acids is 1. The molecule has 0 bridgehead atoms. The minimum absolute atomic E-state index is 0.187. The van der Waals surface area contributed by atoms with Gasteiger partial charge in [-0.2, -0.15) is 0 Å². The number of hydrogen-bond acceptors (Lipinski definition) is 3. The van der Waals surface area contributed by atoms with Gasteiger partial charge in [0.05, 0.1) is 16.6 Å². The third-order valence-corrected chi connectivity index (χ3v) is 8.07. The summed E-state index contributed by atoms with van der Waals surface area (Å²) >= 11 is 6.07. The van der Waals surface area contributed by atoms with E-state index in [9.17, 15) is 14.7 Å². The Hall–Kier alpha value is -3.70. The lowest BCUT2D eigenvalue weighted by molar-refractivity contribution is -0.142. The number of rotatable bonds is 7. The summed E-state index contributed by atoms with van der Waals surface area (Å²) in [4.78, 5) is 30.7. The Bertz CT molecular complexity index is 1490. The fraction of sp³-hybridized carbons (Fsp3) is 0.281. The summed E-state index contributed by atoms with van der Waals surface area (Å²) in [5.41, 5.74) is 6.23. The molecular formula is C32H31ClN2O3. The van der Waals surface area contributed by atoms with E-state index >= 15 is 0 Å². The Kier molecular flexibility index (Phi) is 7.22. The predicted molar refractivity (Wildman–Crippen MR) is 152 cm³/mol. The Morgan fingerprint density at radius 1 is 0.974 bits per heavy atom. The number of halogens is 1. The first-order valence-electron chi connectivity index (χ1n) is 13.0. The van der Waals surface area contributed by atoms with Gasteiger partial charge in [-0.1, -0.05) is 66.9 Å². The highest BCUT2D eigenvalue weighted by atomic mass is 35.5. The Balaban J connectivity index is 1.38. The topological polar surface area (TPSA) is 79.3 Å². The molecule has 5 rings (SSSR count). The maximum atomic E-state index is 13.6. The van der Waals surface area contributed by atoms with Crippen molar-refractivity contribution in [1.29, 1.82) is 0 Å². The number of nitrogens with one attached hydrogen (secondary N) is 1. The molecule has 1 unspecified atom stereocenters. The van der Waals surface area contributed by atoms with Crippen LogP contribution in [0.25, 0.3) is 22.2 Å². The van der Waals surface area contributed by atoms with Crippen LogP contribution in [0.5, 0.6) is 0 Å². The molecule has 0 saturated heterocycles. The molecule has 1 atom stereocenters. The molecule has 0 spiro atoms. The largest absolute Gasteiger partial charge is 0.480 e. The lowest BCUT2D eigenvalue weighted by Gasteiger charge is -2.30. The molecule has 0 aliphatic heterocycles. The van der Waals surface area contributed by atoms with Gasteiger partial charge in [0, 0.05) is 22.4 Å². The fourth-order valence-corrected chi connectivity index (χ4v) is 5.91. The number of benzene rings is 3. The summed E-state index contributed by atoms with van der Waals surface area (Å²) in [5, 5.41) is 14.4. The molecule has 6 heteroatoms. The van der Waals surface area contributed by atoms with E-state index in [1.165, 1.54) is 11.1 Å². The minimum atomic E-state index is -1.05. The van der Waals surface area contributed by atoms with Crippen LogP contribution in [-0.2, 0) is 21.4 Å². The van der Waals surface area contributed by atoms with Crippen molar-refractivity contribution in [2.24, 2.45) is 0 Å². The molecule has 0 radical (unpaired) electrons. The first kappa shape index (κ1) is 25.9. The summed E-state index contributed by atoms with van der Waals surface area (Å²) in [5.74, 6) is -1.28. The number of carboxylic acids is 1. The molecular weight excluding hydrogens is 496 g/mol. The van der Waals surface area contributed by atoms with Gasteiger partial charge in [0.2, 0.25) is 5.91 Å². The van der Waals surface area contributed by atoms with E-state index in [0.717, 1.165) is 46.1 Å². The number of pyridine rings is 1. The van der Waals surface area contributed by atoms with Gasteiger partial charge in [-0.05, 0) is 79.3 Å². The predicted octanol–water partition coefficient (Wildman–Crippen LogP) is 6.80. The molecule has 3 aromatic carbocycles. The van der Waals surface area contributed by atoms with Crippen LogP contribution in [-0.4, -0.2) is 28.0 Å². The highest BCUT2D eigenvalue weighted by molar-refractivity contribution is 6.30. The van der Waals surface area contributed by atoms with Gasteiger partial charge in [-0.25, -0.2) is 9.78 Å². The van der Waals surface area contributed by atoms with E-state index in [1.54, 1.807) is 12.1 Å². The average Bonchev–Trinajstić information content (AvgIpc) is 3.40. The van der Waals surface area contributed by atoms with E-state index in [1.807, 2.05) is 48.5 Å². The highest BCUT2D eigenvalue weighted by Crippen LogP contribution is 2.42. The molecule has 2 N–H and O–H groups in total.